The average Bonchev–Trinajstić information content (AvgIpc) is 0.859. The molecule has 12 aromatic rings. The number of halogens is 4. The largest absolute Gasteiger partial charge is 0.489 e. The maximum absolute atomic E-state index is 13.5. The van der Waals surface area contributed by atoms with Crippen LogP contribution in [0.1, 0.15) is 118 Å². The standard InChI is InChI=1S/C19H23NO2S.C18H21NO2S.C17H18BrNO2S.C17H18ClNO2S.C17H18FNO2S.C17H18INO2S/c1-5-15-7-8-17(20-19(23)21-4)16(11-15)12-22-18-9-6-13(2)10-14(18)3;1-12-6-8-17(14(3)9-12)21-11-15-10-13(2)5-7-16(15)19-18(22)20-4;4*1-11-4-7-16(12(2)8-11)21-10-13-9-14(18)5-6-15(13)19-17(22)20-3/h6-11H,5,12H2,1-4H3,(H,20,23);5-10H,11H2,1-4H3,(H,19,22);4*4-9H,10H2,1-3H3,(H,19,22). The SMILES string of the molecule is CCc1ccc(NC(=S)OC)c(COc2ccc(C)cc2C)c1.COC(=S)Nc1ccc(Br)cc1COc1ccc(C)cc1C.COC(=S)Nc1ccc(C)cc1COc1ccc(C)cc1C.COC(=S)Nc1ccc(Cl)cc1COc1ccc(C)cc1C.COC(=S)Nc1ccc(F)cc1COc1ccc(C)cc1C.COC(=S)Nc1ccc(I)cc1COc1ccc(C)cc1C. The van der Waals surface area contributed by atoms with Crippen LogP contribution in [-0.2, 0) is 74.5 Å². The lowest BCUT2D eigenvalue weighted by molar-refractivity contribution is 0.304. The van der Waals surface area contributed by atoms with Crippen LogP contribution in [0.4, 0.5) is 38.5 Å². The van der Waals surface area contributed by atoms with Crippen LogP contribution in [0, 0.1) is 99.4 Å². The predicted molar refractivity (Wildman–Crippen MR) is 579 cm³/mol. The highest BCUT2D eigenvalue weighted by molar-refractivity contribution is 14.1. The highest BCUT2D eigenvalue weighted by Crippen LogP contribution is 2.33. The van der Waals surface area contributed by atoms with Crippen molar-refractivity contribution < 1.29 is 61.2 Å². The molecule has 0 atom stereocenters. The minimum absolute atomic E-state index is 0.222. The van der Waals surface area contributed by atoms with Gasteiger partial charge in [-0.25, -0.2) is 4.39 Å². The number of hydrogen-bond acceptors (Lipinski definition) is 18. The van der Waals surface area contributed by atoms with E-state index >= 15 is 0 Å². The molecule has 12 aromatic carbocycles. The summed E-state index contributed by atoms with van der Waals surface area (Å²) < 4.78 is 81.2. The summed E-state index contributed by atoms with van der Waals surface area (Å²) in [6.45, 7) is 31.3. The number of hydrogen-bond donors (Lipinski definition) is 6. The van der Waals surface area contributed by atoms with Gasteiger partial charge in [0.1, 0.15) is 80.0 Å². The zero-order valence-electron chi connectivity index (χ0n) is 78.6. The Bertz CT molecular complexity index is 5300. The van der Waals surface area contributed by atoms with Crippen LogP contribution in [0.5, 0.6) is 34.5 Å². The van der Waals surface area contributed by atoms with Crippen molar-refractivity contribution in [3.05, 3.63) is 349 Å². The Balaban J connectivity index is 0.000000218. The van der Waals surface area contributed by atoms with Gasteiger partial charge in [-0.3, -0.25) is 0 Å². The molecule has 133 heavy (non-hydrogen) atoms. The van der Waals surface area contributed by atoms with Gasteiger partial charge < -0.3 is 88.7 Å². The van der Waals surface area contributed by atoms with E-state index in [0.717, 1.165) is 139 Å². The van der Waals surface area contributed by atoms with E-state index in [2.05, 4.69) is 212 Å². The van der Waals surface area contributed by atoms with E-state index in [1.54, 1.807) is 40.6 Å². The number of rotatable bonds is 25. The van der Waals surface area contributed by atoms with Crippen LogP contribution in [0.15, 0.2) is 223 Å². The minimum atomic E-state index is -0.326. The highest BCUT2D eigenvalue weighted by Gasteiger charge is 2.17. The molecule has 0 aromatic heterocycles. The first kappa shape index (κ1) is 109. The topological polar surface area (TPSA) is 183 Å². The lowest BCUT2D eigenvalue weighted by Crippen LogP contribution is -2.13. The number of ether oxygens (including phenoxy) is 12. The second-order valence-corrected chi connectivity index (χ2v) is 35.6. The maximum atomic E-state index is 13.5. The Kier molecular flexibility index (Phi) is 46.1. The van der Waals surface area contributed by atoms with Gasteiger partial charge in [-0.1, -0.05) is 170 Å². The normalized spacial score (nSPS) is 10.2. The molecule has 0 aliphatic heterocycles. The Morgan fingerprint density at radius 1 is 0.286 bits per heavy atom. The average molecular weight is 2110 g/mol. The van der Waals surface area contributed by atoms with E-state index in [1.165, 1.54) is 70.9 Å². The molecule has 18 nitrogen and oxygen atoms in total. The van der Waals surface area contributed by atoms with Crippen molar-refractivity contribution in [1.29, 1.82) is 0 Å². The Morgan fingerprint density at radius 3 is 0.820 bits per heavy atom. The molecule has 0 amide bonds. The molecule has 0 spiro atoms. The van der Waals surface area contributed by atoms with Crippen molar-refractivity contribution in [2.75, 3.05) is 74.6 Å². The second kappa shape index (κ2) is 56.3. The molecule has 12 rings (SSSR count). The fourth-order valence-corrected chi connectivity index (χ4v) is 14.8. The summed E-state index contributed by atoms with van der Waals surface area (Å²) >= 11 is 42.1. The van der Waals surface area contributed by atoms with Crippen LogP contribution in [0.3, 0.4) is 0 Å². The quantitative estimate of drug-likeness (QED) is 0.0234. The smallest absolute Gasteiger partial charge is 0.260 e. The number of aryl methyl sites for hydroxylation is 14. The van der Waals surface area contributed by atoms with Crippen molar-refractivity contribution in [1.82, 2.24) is 0 Å². The molecule has 0 saturated carbocycles. The Morgan fingerprint density at radius 2 is 0.519 bits per heavy atom. The zero-order chi connectivity index (χ0) is 97.4. The summed E-state index contributed by atoms with van der Waals surface area (Å²) in [5.74, 6) is 4.87. The van der Waals surface area contributed by atoms with Crippen molar-refractivity contribution in [3.8, 4) is 34.5 Å². The first-order valence-electron chi connectivity index (χ1n) is 42.2. The number of anilines is 6. The third kappa shape index (κ3) is 37.8. The molecular weight excluding hydrogens is 1990 g/mol. The van der Waals surface area contributed by atoms with E-state index in [0.29, 0.717) is 75.2 Å². The summed E-state index contributed by atoms with van der Waals surface area (Å²) in [5, 5.41) is 20.8. The first-order chi connectivity index (χ1) is 63.5. The fraction of sp³-hybridized carbons (Fsp3) is 0.257. The third-order valence-electron chi connectivity index (χ3n) is 19.9. The summed E-state index contributed by atoms with van der Waals surface area (Å²) in [6, 6.07) is 70.9. The van der Waals surface area contributed by atoms with Crippen molar-refractivity contribution >= 4 is 189 Å². The molecule has 0 unspecified atom stereocenters. The van der Waals surface area contributed by atoms with Gasteiger partial charge in [0.25, 0.3) is 31.0 Å². The molecule has 0 heterocycles. The molecule has 0 fully saturated rings. The van der Waals surface area contributed by atoms with Gasteiger partial charge >= 0.3 is 0 Å². The summed E-state index contributed by atoms with van der Waals surface area (Å²) in [5.41, 5.74) is 27.2. The van der Waals surface area contributed by atoms with Gasteiger partial charge in [0.05, 0.1) is 42.7 Å². The highest BCUT2D eigenvalue weighted by atomic mass is 127. The number of nitrogens with one attached hydrogen (secondary N) is 6. The van der Waals surface area contributed by atoms with Gasteiger partial charge in [0, 0.05) is 80.6 Å². The van der Waals surface area contributed by atoms with Gasteiger partial charge in [-0.2, -0.15) is 0 Å². The molecule has 0 aliphatic rings. The van der Waals surface area contributed by atoms with Gasteiger partial charge in [0.15, 0.2) is 0 Å². The Hall–Kier alpha value is -11.0. The minimum Gasteiger partial charge on any atom is -0.489 e. The fourth-order valence-electron chi connectivity index (χ4n) is 13.0. The number of thiocarbonyl (C=S) groups is 6. The van der Waals surface area contributed by atoms with Gasteiger partial charge in [-0.15, -0.1) is 0 Å². The van der Waals surface area contributed by atoms with Crippen LogP contribution < -0.4 is 60.3 Å². The molecule has 0 saturated heterocycles. The molecule has 0 bridgehead atoms. The van der Waals surface area contributed by atoms with Gasteiger partial charge in [0.2, 0.25) is 0 Å². The molecule has 702 valence electrons. The van der Waals surface area contributed by atoms with E-state index < -0.39 is 0 Å². The van der Waals surface area contributed by atoms with E-state index in [4.69, 9.17) is 142 Å². The van der Waals surface area contributed by atoms with E-state index in [1.807, 2.05) is 149 Å². The summed E-state index contributed by atoms with van der Waals surface area (Å²) in [6.07, 6.45) is 0.978. The lowest BCUT2D eigenvalue weighted by Gasteiger charge is -2.15. The molecule has 0 aliphatic carbocycles. The van der Waals surface area contributed by atoms with E-state index in [-0.39, 0.29) is 17.6 Å². The molecule has 6 N–H and O–H groups in total. The van der Waals surface area contributed by atoms with Crippen molar-refractivity contribution in [2.24, 2.45) is 0 Å². The van der Waals surface area contributed by atoms with Crippen LogP contribution in [0.25, 0.3) is 0 Å². The number of methoxy groups -OCH3 is 6. The van der Waals surface area contributed by atoms with Crippen LogP contribution in [-0.4, -0.2) is 73.7 Å². The Labute approximate surface area is 843 Å². The van der Waals surface area contributed by atoms with Crippen LogP contribution in [0.2, 0.25) is 5.02 Å². The lowest BCUT2D eigenvalue weighted by atomic mass is 10.1. The zero-order valence-corrected chi connectivity index (χ0v) is 88.0. The predicted octanol–water partition coefficient (Wildman–Crippen LogP) is 28.4. The summed E-state index contributed by atoms with van der Waals surface area (Å²) in [4.78, 5) is 0. The molecule has 28 heteroatoms. The van der Waals surface area contributed by atoms with Crippen molar-refractivity contribution in [2.45, 2.75) is 143 Å². The monoisotopic (exact) mass is 2100 g/mol. The number of benzene rings is 12. The van der Waals surface area contributed by atoms with Gasteiger partial charge in [-0.05, 0) is 353 Å². The van der Waals surface area contributed by atoms with E-state index in [9.17, 15) is 4.39 Å². The van der Waals surface area contributed by atoms with Crippen LogP contribution >= 0.6 is 123 Å². The van der Waals surface area contributed by atoms with Crippen molar-refractivity contribution in [3.63, 3.8) is 0 Å². The molecular formula is C105H116BrClFIN6O12S6. The third-order valence-corrected chi connectivity index (χ3v) is 22.9. The first-order valence-corrected chi connectivity index (χ1v) is 46.8. The maximum Gasteiger partial charge on any atom is 0.260 e. The summed E-state index contributed by atoms with van der Waals surface area (Å²) in [7, 11) is 9.20. The second-order valence-electron chi connectivity index (χ2n) is 30.8. The molecule has 0 radical (unpaired) electrons.